The molecule has 0 N–H and O–H groups in total. The molecular formula is C50H32N4. The summed E-state index contributed by atoms with van der Waals surface area (Å²) >= 11 is 0. The second-order valence-corrected chi connectivity index (χ2v) is 13.8. The average Bonchev–Trinajstić information content (AvgIpc) is 3.77. The first-order valence-corrected chi connectivity index (χ1v) is 18.3. The topological polar surface area (TPSA) is 35.6 Å². The molecule has 0 atom stereocenters. The Balaban J connectivity index is 1.08. The summed E-state index contributed by atoms with van der Waals surface area (Å²) in [7, 11) is 0. The predicted octanol–water partition coefficient (Wildman–Crippen LogP) is 12.8. The summed E-state index contributed by atoms with van der Waals surface area (Å²) in [5.41, 5.74) is 13.3. The largest absolute Gasteiger partial charge is 0.309 e. The summed E-state index contributed by atoms with van der Waals surface area (Å²) in [5.74, 6) is 0.706. The molecule has 0 aliphatic carbocycles. The van der Waals surface area contributed by atoms with Crippen molar-refractivity contribution in [2.75, 3.05) is 0 Å². The Labute approximate surface area is 311 Å². The minimum atomic E-state index is 0.706. The van der Waals surface area contributed by atoms with Crippen molar-refractivity contribution in [3.05, 3.63) is 194 Å². The van der Waals surface area contributed by atoms with Crippen LogP contribution >= 0.6 is 0 Å². The molecule has 11 aromatic rings. The van der Waals surface area contributed by atoms with Crippen LogP contribution in [0.25, 0.3) is 99.7 Å². The first kappa shape index (κ1) is 30.3. The molecule has 0 fully saturated rings. The number of fused-ring (bicyclic) bond motifs is 8. The highest BCUT2D eigenvalue weighted by atomic mass is 15.0. The van der Waals surface area contributed by atoms with Crippen LogP contribution in [-0.2, 0) is 0 Å². The fourth-order valence-electron chi connectivity index (χ4n) is 8.27. The van der Waals surface area contributed by atoms with Gasteiger partial charge in [0.2, 0.25) is 0 Å². The molecule has 0 saturated carbocycles. The first-order chi connectivity index (χ1) is 26.8. The molecule has 11 rings (SSSR count). The Morgan fingerprint density at radius 3 is 1.63 bits per heavy atom. The van der Waals surface area contributed by atoms with Gasteiger partial charge in [0.1, 0.15) is 0 Å². The molecule has 3 heterocycles. The SMILES string of the molecule is c1ccc(-c2ccc(-c3nc(-c4ccc(-n5c6ccccc6c6ccc7c(c8ccccc8n7-c7ccccc7)c65)cc4)nc4ccccc34)cc2)cc1. The zero-order valence-corrected chi connectivity index (χ0v) is 29.3. The highest BCUT2D eigenvalue weighted by Crippen LogP contribution is 2.42. The van der Waals surface area contributed by atoms with Crippen molar-refractivity contribution in [2.24, 2.45) is 0 Å². The zero-order chi connectivity index (χ0) is 35.6. The maximum atomic E-state index is 5.22. The van der Waals surface area contributed by atoms with E-state index in [0.29, 0.717) is 5.82 Å². The fourth-order valence-corrected chi connectivity index (χ4v) is 8.27. The van der Waals surface area contributed by atoms with Crippen LogP contribution in [0.5, 0.6) is 0 Å². The fraction of sp³-hybridized carbons (Fsp3) is 0. The van der Waals surface area contributed by atoms with E-state index in [9.17, 15) is 0 Å². The Morgan fingerprint density at radius 1 is 0.315 bits per heavy atom. The summed E-state index contributed by atoms with van der Waals surface area (Å²) in [4.78, 5) is 10.3. The molecule has 0 amide bonds. The van der Waals surface area contributed by atoms with Gasteiger partial charge in [0.05, 0.1) is 33.3 Å². The van der Waals surface area contributed by atoms with E-state index < -0.39 is 0 Å². The van der Waals surface area contributed by atoms with Crippen LogP contribution in [0.4, 0.5) is 0 Å². The highest BCUT2D eigenvalue weighted by Gasteiger charge is 2.21. The molecule has 0 unspecified atom stereocenters. The van der Waals surface area contributed by atoms with Gasteiger partial charge in [-0.3, -0.25) is 0 Å². The van der Waals surface area contributed by atoms with Crippen LogP contribution in [0.3, 0.4) is 0 Å². The van der Waals surface area contributed by atoms with Gasteiger partial charge in [-0.05, 0) is 71.8 Å². The number of rotatable bonds is 5. The van der Waals surface area contributed by atoms with Crippen molar-refractivity contribution in [1.82, 2.24) is 19.1 Å². The van der Waals surface area contributed by atoms with E-state index in [4.69, 9.17) is 9.97 Å². The van der Waals surface area contributed by atoms with Gasteiger partial charge in [-0.25, -0.2) is 9.97 Å². The second kappa shape index (κ2) is 12.1. The van der Waals surface area contributed by atoms with E-state index in [0.717, 1.165) is 39.1 Å². The molecule has 0 bridgehead atoms. The number of nitrogens with zero attached hydrogens (tertiary/aromatic N) is 4. The molecule has 0 radical (unpaired) electrons. The monoisotopic (exact) mass is 688 g/mol. The lowest BCUT2D eigenvalue weighted by atomic mass is 10.0. The van der Waals surface area contributed by atoms with Crippen LogP contribution < -0.4 is 0 Å². The minimum Gasteiger partial charge on any atom is -0.309 e. The molecule has 0 aliphatic heterocycles. The number of aromatic nitrogens is 4. The highest BCUT2D eigenvalue weighted by molar-refractivity contribution is 6.26. The summed E-state index contributed by atoms with van der Waals surface area (Å²) in [6, 6.07) is 68.9. The van der Waals surface area contributed by atoms with Crippen LogP contribution in [-0.4, -0.2) is 19.1 Å². The van der Waals surface area contributed by atoms with Crippen molar-refractivity contribution in [2.45, 2.75) is 0 Å². The summed E-state index contributed by atoms with van der Waals surface area (Å²) in [6.45, 7) is 0. The van der Waals surface area contributed by atoms with Gasteiger partial charge >= 0.3 is 0 Å². The molecule has 0 aliphatic rings. The van der Waals surface area contributed by atoms with Gasteiger partial charge in [-0.1, -0.05) is 133 Å². The predicted molar refractivity (Wildman–Crippen MR) is 225 cm³/mol. The van der Waals surface area contributed by atoms with E-state index >= 15 is 0 Å². The van der Waals surface area contributed by atoms with Gasteiger partial charge < -0.3 is 9.13 Å². The maximum Gasteiger partial charge on any atom is 0.160 e. The van der Waals surface area contributed by atoms with E-state index in [2.05, 4.69) is 191 Å². The molecule has 3 aromatic heterocycles. The molecule has 0 spiro atoms. The van der Waals surface area contributed by atoms with Crippen LogP contribution in [0, 0.1) is 0 Å². The van der Waals surface area contributed by atoms with E-state index in [-0.39, 0.29) is 0 Å². The van der Waals surface area contributed by atoms with Crippen LogP contribution in [0.2, 0.25) is 0 Å². The van der Waals surface area contributed by atoms with E-state index in [1.54, 1.807) is 0 Å². The Hall–Kier alpha value is -7.30. The quantitative estimate of drug-likeness (QED) is 0.180. The summed E-state index contributed by atoms with van der Waals surface area (Å²) in [5, 5.41) is 5.98. The molecule has 8 aromatic carbocycles. The molecule has 4 nitrogen and oxygen atoms in total. The van der Waals surface area contributed by atoms with Crippen molar-refractivity contribution in [3.8, 4) is 45.1 Å². The Morgan fingerprint density at radius 2 is 0.870 bits per heavy atom. The second-order valence-electron chi connectivity index (χ2n) is 13.8. The van der Waals surface area contributed by atoms with Crippen molar-refractivity contribution in [1.29, 1.82) is 0 Å². The summed E-state index contributed by atoms with van der Waals surface area (Å²) in [6.07, 6.45) is 0. The van der Waals surface area contributed by atoms with Crippen molar-refractivity contribution >= 4 is 54.5 Å². The van der Waals surface area contributed by atoms with Gasteiger partial charge in [-0.2, -0.15) is 0 Å². The minimum absolute atomic E-state index is 0.706. The van der Waals surface area contributed by atoms with Gasteiger partial charge in [0.25, 0.3) is 0 Å². The van der Waals surface area contributed by atoms with Crippen molar-refractivity contribution in [3.63, 3.8) is 0 Å². The number of hydrogen-bond acceptors (Lipinski definition) is 2. The molecule has 0 saturated heterocycles. The lowest BCUT2D eigenvalue weighted by Gasteiger charge is -2.12. The lowest BCUT2D eigenvalue weighted by Crippen LogP contribution is -1.97. The summed E-state index contributed by atoms with van der Waals surface area (Å²) < 4.78 is 4.82. The third kappa shape index (κ3) is 4.70. The molecular weight excluding hydrogens is 657 g/mol. The van der Waals surface area contributed by atoms with E-state index in [1.807, 2.05) is 12.1 Å². The number of benzene rings is 8. The van der Waals surface area contributed by atoms with Gasteiger partial charge in [0, 0.05) is 49.4 Å². The molecule has 252 valence electrons. The standard InChI is InChI=1S/C50H32N4/c1-3-13-33(14-4-1)34-23-25-35(26-24-34)48-41-18-7-10-20-43(41)51-50(52-48)36-27-29-38(30-28-36)54-44-21-11-8-17-39(44)40-31-32-46-47(49(40)54)42-19-9-12-22-45(42)53(46)37-15-5-2-6-16-37/h1-32H. The third-order valence-electron chi connectivity index (χ3n) is 10.7. The van der Waals surface area contributed by atoms with E-state index in [1.165, 1.54) is 54.7 Å². The smallest absolute Gasteiger partial charge is 0.160 e. The zero-order valence-electron chi connectivity index (χ0n) is 29.3. The normalized spacial score (nSPS) is 11.7. The van der Waals surface area contributed by atoms with Crippen LogP contribution in [0.15, 0.2) is 194 Å². The number of hydrogen-bond donors (Lipinski definition) is 0. The number of para-hydroxylation sites is 4. The Bertz CT molecular complexity index is 3170. The molecule has 54 heavy (non-hydrogen) atoms. The Kier molecular flexibility index (Phi) is 6.82. The van der Waals surface area contributed by atoms with Gasteiger partial charge in [-0.15, -0.1) is 0 Å². The third-order valence-corrected chi connectivity index (χ3v) is 10.7. The lowest BCUT2D eigenvalue weighted by molar-refractivity contribution is 1.17. The first-order valence-electron chi connectivity index (χ1n) is 18.3. The van der Waals surface area contributed by atoms with Crippen LogP contribution in [0.1, 0.15) is 0 Å². The average molecular weight is 689 g/mol. The maximum absolute atomic E-state index is 5.22. The van der Waals surface area contributed by atoms with Gasteiger partial charge in [0.15, 0.2) is 5.82 Å². The molecule has 4 heteroatoms. The van der Waals surface area contributed by atoms with Crippen molar-refractivity contribution < 1.29 is 0 Å².